The summed E-state index contributed by atoms with van der Waals surface area (Å²) in [5.74, 6) is 1.24. The highest BCUT2D eigenvalue weighted by atomic mass is 35.5. The van der Waals surface area contributed by atoms with Crippen molar-refractivity contribution < 1.29 is 17.9 Å². The number of rotatable bonds is 5. The zero-order valence-corrected chi connectivity index (χ0v) is 9.86. The predicted molar refractivity (Wildman–Crippen MR) is 56.8 cm³/mol. The lowest BCUT2D eigenvalue weighted by Gasteiger charge is -2.30. The summed E-state index contributed by atoms with van der Waals surface area (Å²) in [4.78, 5) is 2.12. The van der Waals surface area contributed by atoms with Crippen LogP contribution in [0.1, 0.15) is 12.8 Å². The molecule has 1 heterocycles. The molecule has 0 aromatic carbocycles. The summed E-state index contributed by atoms with van der Waals surface area (Å²) in [6.45, 7) is 1.39. The van der Waals surface area contributed by atoms with E-state index in [1.165, 1.54) is 0 Å². The van der Waals surface area contributed by atoms with E-state index in [1.807, 2.05) is 0 Å². The van der Waals surface area contributed by atoms with Crippen molar-refractivity contribution in [3.63, 3.8) is 0 Å². The Morgan fingerprint density at radius 2 is 1.88 bits per heavy atom. The van der Waals surface area contributed by atoms with E-state index < -0.39 is 12.8 Å². The van der Waals surface area contributed by atoms with Crippen LogP contribution in [-0.2, 0) is 4.74 Å². The fourth-order valence-corrected chi connectivity index (χ4v) is 2.05. The lowest BCUT2D eigenvalue weighted by molar-refractivity contribution is -0.174. The minimum Gasteiger partial charge on any atom is -0.371 e. The molecule has 1 aliphatic rings. The van der Waals surface area contributed by atoms with E-state index in [9.17, 15) is 13.2 Å². The molecule has 1 rings (SSSR count). The molecule has 2 nitrogen and oxygen atoms in total. The lowest BCUT2D eigenvalue weighted by Crippen LogP contribution is -2.36. The third-order valence-corrected chi connectivity index (χ3v) is 3.18. The number of hydrogen-bond donors (Lipinski definition) is 0. The van der Waals surface area contributed by atoms with Crippen LogP contribution in [-0.4, -0.2) is 49.8 Å². The molecule has 0 unspecified atom stereocenters. The number of alkyl halides is 4. The van der Waals surface area contributed by atoms with Gasteiger partial charge in [-0.25, -0.2) is 0 Å². The summed E-state index contributed by atoms with van der Waals surface area (Å²) in [7, 11) is 0. The molecule has 0 bridgehead atoms. The summed E-state index contributed by atoms with van der Waals surface area (Å²) in [6.07, 6.45) is -2.16. The van der Waals surface area contributed by atoms with Crippen molar-refractivity contribution in [2.45, 2.75) is 19.0 Å². The van der Waals surface area contributed by atoms with E-state index in [0.717, 1.165) is 25.9 Å². The molecule has 1 saturated heterocycles. The summed E-state index contributed by atoms with van der Waals surface area (Å²) < 4.78 is 39.9. The summed E-state index contributed by atoms with van der Waals surface area (Å²) in [6, 6.07) is 0. The number of ether oxygens (including phenoxy) is 1. The summed E-state index contributed by atoms with van der Waals surface area (Å²) in [5.41, 5.74) is 0. The Balaban J connectivity index is 2.02. The number of hydrogen-bond acceptors (Lipinski definition) is 2. The molecule has 0 spiro atoms. The molecule has 0 amide bonds. The molecule has 6 heteroatoms. The van der Waals surface area contributed by atoms with Crippen LogP contribution in [0.4, 0.5) is 13.2 Å². The highest BCUT2D eigenvalue weighted by Crippen LogP contribution is 2.18. The Kier molecular flexibility index (Phi) is 5.86. The van der Waals surface area contributed by atoms with Crippen LogP contribution in [0.25, 0.3) is 0 Å². The predicted octanol–water partition coefficient (Wildman–Crippen LogP) is 2.52. The van der Waals surface area contributed by atoms with E-state index >= 15 is 0 Å². The van der Waals surface area contributed by atoms with Crippen LogP contribution >= 0.6 is 11.6 Å². The highest BCUT2D eigenvalue weighted by molar-refractivity contribution is 6.18. The maximum absolute atomic E-state index is 11.8. The summed E-state index contributed by atoms with van der Waals surface area (Å²) >= 11 is 5.74. The van der Waals surface area contributed by atoms with Gasteiger partial charge in [-0.3, -0.25) is 0 Å². The largest absolute Gasteiger partial charge is 0.411 e. The van der Waals surface area contributed by atoms with Gasteiger partial charge in [0, 0.05) is 12.4 Å². The van der Waals surface area contributed by atoms with Crippen molar-refractivity contribution >= 4 is 11.6 Å². The van der Waals surface area contributed by atoms with Crippen molar-refractivity contribution in [2.24, 2.45) is 5.92 Å². The Morgan fingerprint density at radius 1 is 1.25 bits per heavy atom. The zero-order chi connectivity index (χ0) is 12.0. The first-order valence-corrected chi connectivity index (χ1v) is 5.97. The molecule has 0 aliphatic carbocycles. The molecule has 0 radical (unpaired) electrons. The fraction of sp³-hybridized carbons (Fsp3) is 1.00. The van der Waals surface area contributed by atoms with Crippen LogP contribution in [0.15, 0.2) is 0 Å². The molecule has 1 fully saturated rings. The molecule has 0 aromatic rings. The quantitative estimate of drug-likeness (QED) is 0.556. The first kappa shape index (κ1) is 14.1. The van der Waals surface area contributed by atoms with Gasteiger partial charge in [0.15, 0.2) is 0 Å². The van der Waals surface area contributed by atoms with Crippen LogP contribution < -0.4 is 0 Å². The van der Waals surface area contributed by atoms with E-state index in [0.29, 0.717) is 18.3 Å². The van der Waals surface area contributed by atoms with Crippen LogP contribution in [0.3, 0.4) is 0 Å². The van der Waals surface area contributed by atoms with Crippen LogP contribution in [0.2, 0.25) is 0 Å². The average molecular weight is 260 g/mol. The molecule has 96 valence electrons. The SMILES string of the molecule is FC(F)(F)COCCN1CCC(CCl)CC1. The second kappa shape index (κ2) is 6.67. The first-order chi connectivity index (χ1) is 7.51. The number of halogens is 4. The van der Waals surface area contributed by atoms with E-state index in [-0.39, 0.29) is 6.61 Å². The first-order valence-electron chi connectivity index (χ1n) is 5.44. The van der Waals surface area contributed by atoms with Gasteiger partial charge in [-0.15, -0.1) is 11.6 Å². The third-order valence-electron chi connectivity index (χ3n) is 2.74. The van der Waals surface area contributed by atoms with Gasteiger partial charge in [0.25, 0.3) is 0 Å². The van der Waals surface area contributed by atoms with Crippen LogP contribution in [0.5, 0.6) is 0 Å². The summed E-state index contributed by atoms with van der Waals surface area (Å²) in [5, 5.41) is 0. The van der Waals surface area contributed by atoms with Gasteiger partial charge >= 0.3 is 6.18 Å². The van der Waals surface area contributed by atoms with Crippen molar-refractivity contribution in [1.29, 1.82) is 0 Å². The van der Waals surface area contributed by atoms with E-state index in [2.05, 4.69) is 9.64 Å². The van der Waals surface area contributed by atoms with Crippen molar-refractivity contribution in [2.75, 3.05) is 38.7 Å². The molecule has 16 heavy (non-hydrogen) atoms. The molecular formula is C10H17ClF3NO. The van der Waals surface area contributed by atoms with Crippen molar-refractivity contribution in [3.8, 4) is 0 Å². The zero-order valence-electron chi connectivity index (χ0n) is 9.10. The Labute approximate surface area is 98.7 Å². The standard InChI is InChI=1S/C10H17ClF3NO/c11-7-9-1-3-15(4-2-9)5-6-16-8-10(12,13)14/h9H,1-8H2. The molecule has 0 aromatic heterocycles. The number of nitrogens with zero attached hydrogens (tertiary/aromatic N) is 1. The number of likely N-dealkylation sites (tertiary alicyclic amines) is 1. The third kappa shape index (κ3) is 5.92. The highest BCUT2D eigenvalue weighted by Gasteiger charge is 2.27. The van der Waals surface area contributed by atoms with Crippen molar-refractivity contribution in [3.05, 3.63) is 0 Å². The second-order valence-electron chi connectivity index (χ2n) is 4.11. The number of piperidine rings is 1. The second-order valence-corrected chi connectivity index (χ2v) is 4.42. The topological polar surface area (TPSA) is 12.5 Å². The Bertz CT molecular complexity index is 193. The average Bonchev–Trinajstić information content (AvgIpc) is 2.24. The Hall–Kier alpha value is 0. The lowest BCUT2D eigenvalue weighted by atomic mass is 9.99. The van der Waals surface area contributed by atoms with Gasteiger partial charge in [-0.1, -0.05) is 0 Å². The molecule has 1 aliphatic heterocycles. The smallest absolute Gasteiger partial charge is 0.371 e. The van der Waals surface area contributed by atoms with Crippen molar-refractivity contribution in [1.82, 2.24) is 4.90 Å². The molecule has 0 saturated carbocycles. The monoisotopic (exact) mass is 259 g/mol. The van der Waals surface area contributed by atoms with E-state index in [1.54, 1.807) is 0 Å². The fourth-order valence-electron chi connectivity index (χ4n) is 1.75. The van der Waals surface area contributed by atoms with Gasteiger partial charge in [0.2, 0.25) is 0 Å². The van der Waals surface area contributed by atoms with Crippen LogP contribution in [0, 0.1) is 5.92 Å². The minimum atomic E-state index is -4.22. The molecule has 0 atom stereocenters. The molecule has 0 N–H and O–H groups in total. The van der Waals surface area contributed by atoms with E-state index in [4.69, 9.17) is 11.6 Å². The maximum atomic E-state index is 11.8. The normalized spacial score (nSPS) is 20.2. The van der Waals surface area contributed by atoms with Gasteiger partial charge in [0.05, 0.1) is 6.61 Å². The van der Waals surface area contributed by atoms with Gasteiger partial charge < -0.3 is 9.64 Å². The van der Waals surface area contributed by atoms with Gasteiger partial charge in [0.1, 0.15) is 6.61 Å². The van der Waals surface area contributed by atoms with Gasteiger partial charge in [-0.2, -0.15) is 13.2 Å². The van der Waals surface area contributed by atoms with Gasteiger partial charge in [-0.05, 0) is 31.8 Å². The Morgan fingerprint density at radius 3 is 2.38 bits per heavy atom. The molecular weight excluding hydrogens is 243 g/mol. The minimum absolute atomic E-state index is 0.144. The maximum Gasteiger partial charge on any atom is 0.411 e.